The third-order valence-electron chi connectivity index (χ3n) is 8.22. The van der Waals surface area contributed by atoms with E-state index in [1.54, 1.807) is 0 Å². The van der Waals surface area contributed by atoms with E-state index in [2.05, 4.69) is 10.2 Å². The van der Waals surface area contributed by atoms with Crippen molar-refractivity contribution < 1.29 is 14.0 Å². The van der Waals surface area contributed by atoms with Crippen LogP contribution < -0.4 is 5.32 Å². The summed E-state index contributed by atoms with van der Waals surface area (Å²) in [6.07, 6.45) is 11.7. The summed E-state index contributed by atoms with van der Waals surface area (Å²) in [4.78, 5) is 31.9. The van der Waals surface area contributed by atoms with Gasteiger partial charge < -0.3 is 24.1 Å². The van der Waals surface area contributed by atoms with E-state index in [9.17, 15) is 9.59 Å². The number of hydrogen-bond donors (Lipinski definition) is 1. The van der Waals surface area contributed by atoms with Gasteiger partial charge in [0.15, 0.2) is 5.58 Å². The first kappa shape index (κ1) is 23.5. The van der Waals surface area contributed by atoms with Crippen LogP contribution in [0.1, 0.15) is 87.4 Å². The molecule has 4 heterocycles. The van der Waals surface area contributed by atoms with Gasteiger partial charge in [0, 0.05) is 24.7 Å². The quantitative estimate of drug-likeness (QED) is 0.679. The number of carbonyl (C=O) groups is 2. The fraction of sp³-hybridized carbons (Fsp3) is 0.704. The Kier molecular flexibility index (Phi) is 6.74. The summed E-state index contributed by atoms with van der Waals surface area (Å²) in [6, 6.07) is 4.04. The average molecular weight is 469 g/mol. The van der Waals surface area contributed by atoms with Crippen LogP contribution in [-0.4, -0.2) is 63.9 Å². The van der Waals surface area contributed by atoms with Gasteiger partial charge in [0.25, 0.3) is 5.91 Å². The molecule has 2 aromatic heterocycles. The van der Waals surface area contributed by atoms with Crippen molar-refractivity contribution >= 4 is 22.9 Å². The van der Waals surface area contributed by atoms with E-state index in [0.29, 0.717) is 18.8 Å². The van der Waals surface area contributed by atoms with E-state index >= 15 is 0 Å². The number of aryl methyl sites for hydroxylation is 1. The first-order valence-electron chi connectivity index (χ1n) is 13.4. The molecule has 186 valence electrons. The number of furan rings is 1. The minimum absolute atomic E-state index is 0.0183. The largest absolute Gasteiger partial charge is 0.460 e. The monoisotopic (exact) mass is 468 g/mol. The van der Waals surface area contributed by atoms with Crippen LogP contribution in [0.3, 0.4) is 0 Å². The van der Waals surface area contributed by atoms with Gasteiger partial charge >= 0.3 is 0 Å². The van der Waals surface area contributed by atoms with E-state index < -0.39 is 5.54 Å². The second-order valence-corrected chi connectivity index (χ2v) is 10.9. The van der Waals surface area contributed by atoms with E-state index in [-0.39, 0.29) is 17.9 Å². The van der Waals surface area contributed by atoms with E-state index in [1.807, 2.05) is 35.4 Å². The predicted molar refractivity (Wildman–Crippen MR) is 133 cm³/mol. The highest BCUT2D eigenvalue weighted by Crippen LogP contribution is 2.34. The number of likely N-dealkylation sites (tertiary alicyclic amines) is 1. The van der Waals surface area contributed by atoms with Gasteiger partial charge in [0.2, 0.25) is 5.91 Å². The number of fused-ring (bicyclic) bond motifs is 3. The Morgan fingerprint density at radius 1 is 1.06 bits per heavy atom. The zero-order valence-corrected chi connectivity index (χ0v) is 20.9. The number of rotatable bonds is 6. The molecule has 2 amide bonds. The lowest BCUT2D eigenvalue weighted by Gasteiger charge is -2.45. The summed E-state index contributed by atoms with van der Waals surface area (Å²) in [5.41, 5.74) is 1.34. The maximum absolute atomic E-state index is 13.8. The normalized spacial score (nSPS) is 24.9. The van der Waals surface area contributed by atoms with Crippen LogP contribution in [-0.2, 0) is 11.3 Å². The van der Waals surface area contributed by atoms with E-state index in [1.165, 1.54) is 32.1 Å². The average Bonchev–Trinajstić information content (AvgIpc) is 3.21. The smallest absolute Gasteiger partial charge is 0.271 e. The third kappa shape index (κ3) is 4.51. The molecule has 2 aliphatic heterocycles. The molecule has 0 spiro atoms. The Morgan fingerprint density at radius 2 is 1.76 bits per heavy atom. The predicted octanol–water partition coefficient (Wildman–Crippen LogP) is 4.47. The zero-order chi connectivity index (χ0) is 23.7. The van der Waals surface area contributed by atoms with Crippen molar-refractivity contribution in [2.24, 2.45) is 0 Å². The van der Waals surface area contributed by atoms with Crippen LogP contribution in [0.5, 0.6) is 0 Å². The zero-order valence-electron chi connectivity index (χ0n) is 20.9. The lowest BCUT2D eigenvalue weighted by molar-refractivity contribution is -0.133. The Bertz CT molecular complexity index is 1030. The van der Waals surface area contributed by atoms with Gasteiger partial charge in [-0.2, -0.15) is 0 Å². The summed E-state index contributed by atoms with van der Waals surface area (Å²) in [7, 11) is 0. The number of amides is 2. The molecule has 0 bridgehead atoms. The topological polar surface area (TPSA) is 70.7 Å². The van der Waals surface area contributed by atoms with Crippen LogP contribution in [0.15, 0.2) is 16.5 Å². The number of nitrogens with one attached hydrogen (secondary N) is 1. The number of aromatic nitrogens is 1. The molecular formula is C27H40N4O3. The summed E-state index contributed by atoms with van der Waals surface area (Å²) < 4.78 is 7.83. The minimum atomic E-state index is -0.919. The standard InChI is InChI=1S/C27H40N4O3/c1-20-17-22-24(34-20)18-23-25(32)31(16-10-15-29-13-8-3-4-9-14-29)27(2,19-30(22)23)26(33)28-21-11-6-5-7-12-21/h17-18,21H,3-16,19H2,1-2H3,(H,28,33). The van der Waals surface area contributed by atoms with Crippen molar-refractivity contribution in [2.75, 3.05) is 26.2 Å². The minimum Gasteiger partial charge on any atom is -0.460 e. The van der Waals surface area contributed by atoms with Gasteiger partial charge in [-0.25, -0.2) is 0 Å². The van der Waals surface area contributed by atoms with Crippen molar-refractivity contribution in [3.63, 3.8) is 0 Å². The van der Waals surface area contributed by atoms with Gasteiger partial charge in [-0.15, -0.1) is 0 Å². The summed E-state index contributed by atoms with van der Waals surface area (Å²) in [5, 5.41) is 3.32. The van der Waals surface area contributed by atoms with Crippen molar-refractivity contribution in [1.82, 2.24) is 19.7 Å². The van der Waals surface area contributed by atoms with Gasteiger partial charge in [-0.1, -0.05) is 32.1 Å². The number of carbonyl (C=O) groups excluding carboxylic acids is 2. The molecule has 2 aromatic rings. The highest BCUT2D eigenvalue weighted by Gasteiger charge is 2.48. The van der Waals surface area contributed by atoms with E-state index in [4.69, 9.17) is 4.42 Å². The Labute approximate surface area is 202 Å². The second-order valence-electron chi connectivity index (χ2n) is 10.9. The molecule has 7 heteroatoms. The SMILES string of the molecule is Cc1cc2c(cc3n2CC(C)(C(=O)NC2CCCCC2)N(CCCN2CCCCCC2)C3=O)o1. The fourth-order valence-corrected chi connectivity index (χ4v) is 6.21. The fourth-order valence-electron chi connectivity index (χ4n) is 6.21. The van der Waals surface area contributed by atoms with Crippen LogP contribution >= 0.6 is 0 Å². The molecule has 1 saturated heterocycles. The molecule has 1 unspecified atom stereocenters. The second kappa shape index (κ2) is 9.76. The van der Waals surface area contributed by atoms with Gasteiger partial charge in [0.1, 0.15) is 17.0 Å². The van der Waals surface area contributed by atoms with Gasteiger partial charge in [-0.05, 0) is 65.6 Å². The molecule has 1 saturated carbocycles. The van der Waals surface area contributed by atoms with Gasteiger partial charge in [-0.3, -0.25) is 9.59 Å². The lowest BCUT2D eigenvalue weighted by Crippen LogP contribution is -2.65. The summed E-state index contributed by atoms with van der Waals surface area (Å²) in [5.74, 6) is 0.740. The van der Waals surface area contributed by atoms with Crippen molar-refractivity contribution in [2.45, 2.75) is 96.2 Å². The van der Waals surface area contributed by atoms with Crippen molar-refractivity contribution in [1.29, 1.82) is 0 Å². The molecule has 5 rings (SSSR count). The molecule has 34 heavy (non-hydrogen) atoms. The maximum atomic E-state index is 13.8. The van der Waals surface area contributed by atoms with Crippen LogP contribution in [0.2, 0.25) is 0 Å². The Morgan fingerprint density at radius 3 is 2.50 bits per heavy atom. The highest BCUT2D eigenvalue weighted by molar-refractivity contribution is 6.03. The van der Waals surface area contributed by atoms with E-state index in [0.717, 1.165) is 68.6 Å². The molecule has 0 radical (unpaired) electrons. The Hall–Kier alpha value is -2.28. The molecule has 2 fully saturated rings. The molecular weight excluding hydrogens is 428 g/mol. The maximum Gasteiger partial charge on any atom is 0.271 e. The molecule has 1 N–H and O–H groups in total. The molecule has 3 aliphatic rings. The number of nitrogens with zero attached hydrogens (tertiary/aromatic N) is 3. The molecule has 1 atom stereocenters. The lowest BCUT2D eigenvalue weighted by atomic mass is 9.91. The summed E-state index contributed by atoms with van der Waals surface area (Å²) in [6.45, 7) is 8.19. The van der Waals surface area contributed by atoms with Crippen LogP contribution in [0, 0.1) is 6.92 Å². The molecule has 7 nitrogen and oxygen atoms in total. The first-order valence-corrected chi connectivity index (χ1v) is 13.4. The highest BCUT2D eigenvalue weighted by atomic mass is 16.3. The van der Waals surface area contributed by atoms with Crippen LogP contribution in [0.4, 0.5) is 0 Å². The molecule has 1 aliphatic carbocycles. The van der Waals surface area contributed by atoms with Crippen LogP contribution in [0.25, 0.3) is 11.1 Å². The summed E-state index contributed by atoms with van der Waals surface area (Å²) >= 11 is 0. The third-order valence-corrected chi connectivity index (χ3v) is 8.22. The number of hydrogen-bond acceptors (Lipinski definition) is 4. The Balaban J connectivity index is 1.38. The van der Waals surface area contributed by atoms with Crippen molar-refractivity contribution in [3.05, 3.63) is 23.6 Å². The molecule has 0 aromatic carbocycles. The van der Waals surface area contributed by atoms with Gasteiger partial charge in [0.05, 0.1) is 12.1 Å². The first-order chi connectivity index (χ1) is 16.5. The van der Waals surface area contributed by atoms with Crippen molar-refractivity contribution in [3.8, 4) is 0 Å².